The summed E-state index contributed by atoms with van der Waals surface area (Å²) in [4.78, 5) is 24.7. The molecule has 2 atom stereocenters. The maximum absolute atomic E-state index is 12.1. The molecular weight excluding hydrogens is 270 g/mol. The molecule has 0 spiro atoms. The zero-order chi connectivity index (χ0) is 15.4. The summed E-state index contributed by atoms with van der Waals surface area (Å²) < 4.78 is 0. The molecule has 1 fully saturated rings. The molecule has 0 radical (unpaired) electrons. The number of nitrogens with one attached hydrogen (secondary N) is 1. The summed E-state index contributed by atoms with van der Waals surface area (Å²) in [6, 6.07) is 7.83. The monoisotopic (exact) mass is 287 g/mol. The van der Waals surface area contributed by atoms with E-state index in [1.54, 1.807) is 18.2 Å². The van der Waals surface area contributed by atoms with E-state index in [0.29, 0.717) is 18.5 Å². The Bertz CT molecular complexity index is 594. The van der Waals surface area contributed by atoms with Gasteiger partial charge in [0.2, 0.25) is 0 Å². The van der Waals surface area contributed by atoms with E-state index in [0.717, 1.165) is 5.56 Å². The first kappa shape index (κ1) is 14.9. The molecule has 0 aromatic heterocycles. The van der Waals surface area contributed by atoms with Crippen molar-refractivity contribution in [3.63, 3.8) is 0 Å². The van der Waals surface area contributed by atoms with Crippen molar-refractivity contribution in [1.82, 2.24) is 10.2 Å². The summed E-state index contributed by atoms with van der Waals surface area (Å²) in [6.45, 7) is 2.55. The van der Waals surface area contributed by atoms with Crippen LogP contribution in [0.1, 0.15) is 24.5 Å². The van der Waals surface area contributed by atoms with Gasteiger partial charge in [-0.3, -0.25) is 0 Å². The number of hydrogen-bond donors (Lipinski definition) is 2. The molecule has 1 saturated heterocycles. The molecule has 0 saturated carbocycles. The lowest BCUT2D eigenvalue weighted by Crippen LogP contribution is -2.47. The van der Waals surface area contributed by atoms with Gasteiger partial charge in [0.05, 0.1) is 11.6 Å². The van der Waals surface area contributed by atoms with Gasteiger partial charge in [-0.2, -0.15) is 5.26 Å². The van der Waals surface area contributed by atoms with Crippen molar-refractivity contribution in [1.29, 1.82) is 5.26 Å². The highest BCUT2D eigenvalue weighted by Gasteiger charge is 2.39. The first-order valence-electron chi connectivity index (χ1n) is 6.79. The second-order valence-electron chi connectivity index (χ2n) is 5.21. The first-order valence-corrected chi connectivity index (χ1v) is 6.79. The second kappa shape index (κ2) is 6.27. The summed E-state index contributed by atoms with van der Waals surface area (Å²) in [5, 5.41) is 20.7. The number of carboxylic acid groups (broad SMARTS) is 1. The van der Waals surface area contributed by atoms with Gasteiger partial charge < -0.3 is 15.3 Å². The number of rotatable bonds is 3. The van der Waals surface area contributed by atoms with Crippen LogP contribution in [-0.4, -0.2) is 34.6 Å². The van der Waals surface area contributed by atoms with Crippen molar-refractivity contribution in [2.24, 2.45) is 5.92 Å². The summed E-state index contributed by atoms with van der Waals surface area (Å²) in [6.07, 6.45) is 0.689. The highest BCUT2D eigenvalue weighted by molar-refractivity contribution is 5.83. The predicted octanol–water partition coefficient (Wildman–Crippen LogP) is 1.56. The number of nitrogens with zero attached hydrogens (tertiary/aromatic N) is 2. The lowest BCUT2D eigenvalue weighted by molar-refractivity contribution is -0.142. The molecule has 2 N–H and O–H groups in total. The molecule has 0 bridgehead atoms. The van der Waals surface area contributed by atoms with Crippen molar-refractivity contribution < 1.29 is 14.7 Å². The number of likely N-dealkylation sites (tertiary alicyclic amines) is 1. The molecule has 1 aliphatic heterocycles. The van der Waals surface area contributed by atoms with E-state index in [-0.39, 0.29) is 18.5 Å². The normalized spacial score (nSPS) is 20.9. The van der Waals surface area contributed by atoms with Gasteiger partial charge in [-0.05, 0) is 30.0 Å². The maximum atomic E-state index is 12.1. The Kier molecular flexibility index (Phi) is 4.43. The number of nitriles is 1. The summed E-state index contributed by atoms with van der Waals surface area (Å²) in [5.41, 5.74) is 1.33. The molecule has 110 valence electrons. The highest BCUT2D eigenvalue weighted by atomic mass is 16.4. The highest BCUT2D eigenvalue weighted by Crippen LogP contribution is 2.24. The number of urea groups is 1. The molecule has 0 aliphatic carbocycles. The van der Waals surface area contributed by atoms with Crippen LogP contribution in [0.5, 0.6) is 0 Å². The first-order chi connectivity index (χ1) is 10.0. The molecule has 6 nitrogen and oxygen atoms in total. The fourth-order valence-electron chi connectivity index (χ4n) is 2.58. The molecule has 2 unspecified atom stereocenters. The van der Waals surface area contributed by atoms with Gasteiger partial charge in [-0.15, -0.1) is 0 Å². The van der Waals surface area contributed by atoms with E-state index in [1.165, 1.54) is 4.90 Å². The molecular formula is C15H17N3O3. The zero-order valence-electron chi connectivity index (χ0n) is 11.7. The van der Waals surface area contributed by atoms with E-state index in [2.05, 4.69) is 5.32 Å². The zero-order valence-corrected chi connectivity index (χ0v) is 11.7. The van der Waals surface area contributed by atoms with Crippen LogP contribution >= 0.6 is 0 Å². The van der Waals surface area contributed by atoms with Gasteiger partial charge in [0.1, 0.15) is 6.04 Å². The Hall–Kier alpha value is -2.55. The molecule has 1 heterocycles. The van der Waals surface area contributed by atoms with Crippen molar-refractivity contribution in [3.05, 3.63) is 35.4 Å². The van der Waals surface area contributed by atoms with Crippen LogP contribution < -0.4 is 5.32 Å². The molecule has 2 rings (SSSR count). The van der Waals surface area contributed by atoms with Crippen LogP contribution in [-0.2, 0) is 11.3 Å². The van der Waals surface area contributed by atoms with Gasteiger partial charge in [-0.25, -0.2) is 9.59 Å². The van der Waals surface area contributed by atoms with Crippen molar-refractivity contribution in [3.8, 4) is 6.07 Å². The molecule has 6 heteroatoms. The quantitative estimate of drug-likeness (QED) is 0.882. The third-order valence-electron chi connectivity index (χ3n) is 3.71. The number of aliphatic carboxylic acids is 1. The Morgan fingerprint density at radius 1 is 1.52 bits per heavy atom. The lowest BCUT2D eigenvalue weighted by atomic mass is 10.0. The van der Waals surface area contributed by atoms with E-state index >= 15 is 0 Å². The average molecular weight is 287 g/mol. The fourth-order valence-corrected chi connectivity index (χ4v) is 2.58. The number of carboxylic acids is 1. The van der Waals surface area contributed by atoms with Gasteiger partial charge in [0.15, 0.2) is 0 Å². The van der Waals surface area contributed by atoms with E-state index < -0.39 is 12.0 Å². The van der Waals surface area contributed by atoms with Gasteiger partial charge in [-0.1, -0.05) is 19.1 Å². The van der Waals surface area contributed by atoms with Gasteiger partial charge in [0.25, 0.3) is 0 Å². The third-order valence-corrected chi connectivity index (χ3v) is 3.71. The number of hydrogen-bond acceptors (Lipinski definition) is 3. The summed E-state index contributed by atoms with van der Waals surface area (Å²) >= 11 is 0. The lowest BCUT2D eigenvalue weighted by Gasteiger charge is -2.23. The molecule has 1 aromatic carbocycles. The van der Waals surface area contributed by atoms with Crippen molar-refractivity contribution in [2.45, 2.75) is 25.9 Å². The molecule has 1 aliphatic rings. The SMILES string of the molecule is CC1CCN(C(=O)NCc2cccc(C#N)c2)C1C(=O)O. The van der Waals surface area contributed by atoms with E-state index in [4.69, 9.17) is 5.26 Å². The summed E-state index contributed by atoms with van der Waals surface area (Å²) in [5.74, 6) is -1.02. The van der Waals surface area contributed by atoms with E-state index in [9.17, 15) is 14.7 Å². The van der Waals surface area contributed by atoms with Crippen LogP contribution in [0.4, 0.5) is 4.79 Å². The minimum absolute atomic E-state index is 0.0461. The Balaban J connectivity index is 1.98. The van der Waals surface area contributed by atoms with Crippen molar-refractivity contribution in [2.75, 3.05) is 6.54 Å². The number of carbonyl (C=O) groups excluding carboxylic acids is 1. The molecule has 2 amide bonds. The van der Waals surface area contributed by atoms with Crippen LogP contribution in [0.25, 0.3) is 0 Å². The van der Waals surface area contributed by atoms with E-state index in [1.807, 2.05) is 19.1 Å². The number of amides is 2. The standard InChI is InChI=1S/C15H17N3O3/c1-10-5-6-18(13(10)14(19)20)15(21)17-9-12-4-2-3-11(7-12)8-16/h2-4,7,10,13H,5-6,9H2,1H3,(H,17,21)(H,19,20). The fraction of sp³-hybridized carbons (Fsp3) is 0.400. The topological polar surface area (TPSA) is 93.4 Å². The molecule has 21 heavy (non-hydrogen) atoms. The average Bonchev–Trinajstić information content (AvgIpc) is 2.87. The largest absolute Gasteiger partial charge is 0.480 e. The number of carbonyl (C=O) groups is 2. The van der Waals surface area contributed by atoms with Crippen LogP contribution in [0, 0.1) is 17.2 Å². The van der Waals surface area contributed by atoms with Gasteiger partial charge in [0, 0.05) is 13.1 Å². The minimum atomic E-state index is -0.971. The van der Waals surface area contributed by atoms with Crippen LogP contribution in [0.15, 0.2) is 24.3 Å². The Morgan fingerprint density at radius 3 is 2.95 bits per heavy atom. The minimum Gasteiger partial charge on any atom is -0.480 e. The van der Waals surface area contributed by atoms with Crippen molar-refractivity contribution >= 4 is 12.0 Å². The third kappa shape index (κ3) is 3.31. The van der Waals surface area contributed by atoms with Gasteiger partial charge >= 0.3 is 12.0 Å². The number of benzene rings is 1. The maximum Gasteiger partial charge on any atom is 0.326 e. The van der Waals surface area contributed by atoms with Crippen LogP contribution in [0.3, 0.4) is 0 Å². The van der Waals surface area contributed by atoms with Crippen LogP contribution in [0.2, 0.25) is 0 Å². The molecule has 1 aromatic rings. The Morgan fingerprint density at radius 2 is 2.29 bits per heavy atom. The Labute approximate surface area is 123 Å². The second-order valence-corrected chi connectivity index (χ2v) is 5.21. The smallest absolute Gasteiger partial charge is 0.326 e. The predicted molar refractivity (Wildman–Crippen MR) is 75.3 cm³/mol. The summed E-state index contributed by atoms with van der Waals surface area (Å²) in [7, 11) is 0.